The molecule has 3 amide bonds. The van der Waals surface area contributed by atoms with Crippen molar-refractivity contribution in [3.8, 4) is 0 Å². The Balaban J connectivity index is 2.39. The predicted octanol–water partition coefficient (Wildman–Crippen LogP) is 2.18. The molecule has 0 aliphatic carbocycles. The van der Waals surface area contributed by atoms with Crippen LogP contribution in [0.5, 0.6) is 0 Å². The van der Waals surface area contributed by atoms with Gasteiger partial charge in [-0.1, -0.05) is 27.7 Å². The van der Waals surface area contributed by atoms with E-state index >= 15 is 0 Å². The summed E-state index contributed by atoms with van der Waals surface area (Å²) in [6, 6.07) is 2.06. The fraction of sp³-hybridized carbons (Fsp3) is 0.615. The highest BCUT2D eigenvalue weighted by Gasteiger charge is 2.33. The zero-order chi connectivity index (χ0) is 42.1. The number of nitrogens with two attached hydrogens (primary N) is 3. The second-order valence-electron chi connectivity index (χ2n) is 15.0. The standard InChI is InChI=1S/C39H60N8O8S/c1-21(2)16-26(18-31(51)28(10-7-8-14-40)44-37(55)27(20-48)17-23(5)49)36(54)45-30(11-9-15-43-39(41)42)34(52)38-46-29-13-12-25(19-32(29)56-38)35(53)47-33(22(3)4)24(6)50/h12-13,19,21-22,26-28,30,33,48H,7-11,14-18,20,40H2,1-6H3,(H,44,55)(H,45,54)(H,47,53)(H4,41,42,43)/t26-,27+,28+,30+,33?/m1/s1. The van der Waals surface area contributed by atoms with Crippen molar-refractivity contribution in [1.29, 1.82) is 0 Å². The summed E-state index contributed by atoms with van der Waals surface area (Å²) in [4.78, 5) is 100. The summed E-state index contributed by atoms with van der Waals surface area (Å²) in [5, 5.41) is 18.1. The molecule has 0 saturated heterocycles. The summed E-state index contributed by atoms with van der Waals surface area (Å²) in [5.41, 5.74) is 17.4. The Morgan fingerprint density at radius 2 is 1.50 bits per heavy atom. The number of nitrogens with zero attached hydrogens (tertiary/aromatic N) is 2. The van der Waals surface area contributed by atoms with Crippen molar-refractivity contribution < 1.29 is 38.7 Å². The molecule has 1 unspecified atom stereocenters. The molecule has 0 bridgehead atoms. The van der Waals surface area contributed by atoms with Gasteiger partial charge in [0.05, 0.1) is 40.9 Å². The fourth-order valence-electron chi connectivity index (χ4n) is 6.26. The number of carbonyl (C=O) groups excluding carboxylic acids is 7. The van der Waals surface area contributed by atoms with Crippen molar-refractivity contribution in [2.45, 2.75) is 111 Å². The molecule has 310 valence electrons. The molecule has 0 radical (unpaired) electrons. The van der Waals surface area contributed by atoms with Gasteiger partial charge in [-0.05, 0) is 89.0 Å². The van der Waals surface area contributed by atoms with Gasteiger partial charge in [-0.3, -0.25) is 33.8 Å². The summed E-state index contributed by atoms with van der Waals surface area (Å²) >= 11 is 1.06. The van der Waals surface area contributed by atoms with E-state index in [0.717, 1.165) is 11.3 Å². The van der Waals surface area contributed by atoms with Crippen LogP contribution in [0.4, 0.5) is 0 Å². The summed E-state index contributed by atoms with van der Waals surface area (Å²) in [6.45, 7) is 10.2. The monoisotopic (exact) mass is 800 g/mol. The van der Waals surface area contributed by atoms with Gasteiger partial charge in [-0.15, -0.1) is 11.3 Å². The number of carbonyl (C=O) groups is 7. The van der Waals surface area contributed by atoms with Crippen LogP contribution >= 0.6 is 11.3 Å². The van der Waals surface area contributed by atoms with E-state index in [-0.39, 0.29) is 66.6 Å². The van der Waals surface area contributed by atoms with Crippen LogP contribution in [0.15, 0.2) is 23.2 Å². The molecule has 1 aromatic heterocycles. The van der Waals surface area contributed by atoms with E-state index in [9.17, 15) is 38.7 Å². The quantitative estimate of drug-likeness (QED) is 0.0312. The van der Waals surface area contributed by atoms with E-state index in [1.807, 2.05) is 27.7 Å². The number of guanidine groups is 1. The molecule has 1 heterocycles. The molecule has 0 aliphatic rings. The number of aliphatic imine (C=N–C) groups is 1. The van der Waals surface area contributed by atoms with Crippen LogP contribution in [0.3, 0.4) is 0 Å². The Bertz CT molecular complexity index is 1720. The van der Waals surface area contributed by atoms with Crippen molar-refractivity contribution in [3.05, 3.63) is 28.8 Å². The molecule has 0 saturated carbocycles. The molecule has 2 aromatic rings. The number of aromatic nitrogens is 1. The number of fused-ring (bicyclic) bond motifs is 1. The molecule has 5 atom stereocenters. The third-order valence-corrected chi connectivity index (χ3v) is 10.2. The maximum atomic E-state index is 14.1. The largest absolute Gasteiger partial charge is 0.396 e. The van der Waals surface area contributed by atoms with Crippen LogP contribution in [-0.2, 0) is 24.0 Å². The average Bonchev–Trinajstić information content (AvgIpc) is 3.55. The van der Waals surface area contributed by atoms with Crippen molar-refractivity contribution in [3.63, 3.8) is 0 Å². The van der Waals surface area contributed by atoms with Crippen LogP contribution in [0.1, 0.15) is 113 Å². The molecular formula is C39H60N8O8S. The van der Waals surface area contributed by atoms with E-state index in [1.165, 1.54) is 13.8 Å². The summed E-state index contributed by atoms with van der Waals surface area (Å²) in [6.07, 6.45) is 1.70. The lowest BCUT2D eigenvalue weighted by molar-refractivity contribution is -0.135. The third kappa shape index (κ3) is 15.5. The Kier molecular flexibility index (Phi) is 19.9. The lowest BCUT2D eigenvalue weighted by Gasteiger charge is -2.25. The molecule has 0 aliphatic heterocycles. The number of hydrogen-bond donors (Lipinski definition) is 7. The minimum Gasteiger partial charge on any atom is -0.396 e. The molecule has 16 nitrogen and oxygen atoms in total. The zero-order valence-electron chi connectivity index (χ0n) is 33.4. The van der Waals surface area contributed by atoms with E-state index < -0.39 is 65.9 Å². The first-order valence-electron chi connectivity index (χ1n) is 19.1. The van der Waals surface area contributed by atoms with E-state index in [2.05, 4.69) is 25.9 Å². The van der Waals surface area contributed by atoms with Gasteiger partial charge in [0.25, 0.3) is 5.91 Å². The van der Waals surface area contributed by atoms with E-state index in [1.54, 1.807) is 18.2 Å². The number of unbranched alkanes of at least 4 members (excludes halogenated alkanes) is 1. The normalized spacial score (nSPS) is 14.0. The highest BCUT2D eigenvalue weighted by molar-refractivity contribution is 7.20. The van der Waals surface area contributed by atoms with Crippen molar-refractivity contribution in [2.24, 2.45) is 45.9 Å². The molecule has 56 heavy (non-hydrogen) atoms. The average molecular weight is 801 g/mol. The van der Waals surface area contributed by atoms with Gasteiger partial charge < -0.3 is 43.1 Å². The molecule has 0 spiro atoms. The Morgan fingerprint density at radius 3 is 2.07 bits per heavy atom. The number of nitrogens with one attached hydrogen (secondary N) is 3. The van der Waals surface area contributed by atoms with Crippen molar-refractivity contribution in [2.75, 3.05) is 19.7 Å². The van der Waals surface area contributed by atoms with Gasteiger partial charge in [-0.2, -0.15) is 0 Å². The molecule has 2 rings (SSSR count). The number of aliphatic hydroxyl groups is 1. The second kappa shape index (κ2) is 23.5. The SMILES string of the molecule is CC(=O)C[C@@H](CO)C(=O)N[C@@H](CCCCN)C(=O)C[C@@H](CC(C)C)C(=O)N[C@@H](CCCN=C(N)N)C(=O)c1nc2ccc(C(=O)NC(C(C)=O)C(C)C)cc2s1. The number of thiazole rings is 1. The van der Waals surface area contributed by atoms with Gasteiger partial charge >= 0.3 is 0 Å². The number of hydrogen-bond acceptors (Lipinski definition) is 12. The molecular weight excluding hydrogens is 741 g/mol. The lowest BCUT2D eigenvalue weighted by atomic mass is 9.88. The fourth-order valence-corrected chi connectivity index (χ4v) is 7.26. The summed E-state index contributed by atoms with van der Waals surface area (Å²) < 4.78 is 0.549. The number of ketones is 4. The molecule has 10 N–H and O–H groups in total. The van der Waals surface area contributed by atoms with Crippen LogP contribution in [0.25, 0.3) is 10.2 Å². The first-order valence-corrected chi connectivity index (χ1v) is 19.9. The second-order valence-corrected chi connectivity index (χ2v) is 16.0. The Hall–Kier alpha value is -4.61. The van der Waals surface area contributed by atoms with Gasteiger partial charge in [0.15, 0.2) is 22.5 Å². The lowest BCUT2D eigenvalue weighted by Crippen LogP contribution is -2.47. The van der Waals surface area contributed by atoms with Gasteiger partial charge in [0, 0.05) is 30.9 Å². The minimum atomic E-state index is -1.07. The molecule has 0 fully saturated rings. The molecule has 1 aromatic carbocycles. The summed E-state index contributed by atoms with van der Waals surface area (Å²) in [7, 11) is 0. The summed E-state index contributed by atoms with van der Waals surface area (Å²) in [5.74, 6) is -5.08. The van der Waals surface area contributed by atoms with Gasteiger partial charge in [-0.25, -0.2) is 4.98 Å². The Labute approximate surface area is 332 Å². The first-order chi connectivity index (χ1) is 26.4. The maximum absolute atomic E-state index is 14.1. The van der Waals surface area contributed by atoms with E-state index in [4.69, 9.17) is 17.2 Å². The number of rotatable bonds is 26. The van der Waals surface area contributed by atoms with Crippen LogP contribution in [-0.4, -0.2) is 94.7 Å². The topological polar surface area (TPSA) is 279 Å². The van der Waals surface area contributed by atoms with Crippen molar-refractivity contribution in [1.82, 2.24) is 20.9 Å². The van der Waals surface area contributed by atoms with Gasteiger partial charge in [0.1, 0.15) is 5.78 Å². The van der Waals surface area contributed by atoms with E-state index in [0.29, 0.717) is 48.0 Å². The van der Waals surface area contributed by atoms with Gasteiger partial charge in [0.2, 0.25) is 17.6 Å². The predicted molar refractivity (Wildman–Crippen MR) is 216 cm³/mol. The highest BCUT2D eigenvalue weighted by atomic mass is 32.1. The minimum absolute atomic E-state index is 0.0175. The van der Waals surface area contributed by atoms with Crippen molar-refractivity contribution >= 4 is 68.4 Å². The highest BCUT2D eigenvalue weighted by Crippen LogP contribution is 2.26. The zero-order valence-corrected chi connectivity index (χ0v) is 34.2. The Morgan fingerprint density at radius 1 is 0.857 bits per heavy atom. The van der Waals surface area contributed by atoms with Crippen LogP contribution in [0.2, 0.25) is 0 Å². The third-order valence-electron chi connectivity index (χ3n) is 9.18. The number of aliphatic hydroxyl groups excluding tert-OH is 1. The first kappa shape index (κ1) is 47.5. The number of Topliss-reactive ketones (excluding diaryl/α,β-unsaturated/α-hetero) is 4. The number of amides is 3. The smallest absolute Gasteiger partial charge is 0.251 e. The number of benzene rings is 1. The maximum Gasteiger partial charge on any atom is 0.251 e. The molecule has 17 heteroatoms. The van der Waals surface area contributed by atoms with Crippen LogP contribution in [0, 0.1) is 23.7 Å². The van der Waals surface area contributed by atoms with Crippen LogP contribution < -0.4 is 33.2 Å².